The van der Waals surface area contributed by atoms with E-state index in [2.05, 4.69) is 16.1 Å². The lowest BCUT2D eigenvalue weighted by Gasteiger charge is -2.21. The molecule has 0 aliphatic carbocycles. The fourth-order valence-electron chi connectivity index (χ4n) is 2.99. The van der Waals surface area contributed by atoms with Crippen LogP contribution < -0.4 is 10.0 Å². The summed E-state index contributed by atoms with van der Waals surface area (Å²) in [6.45, 7) is 11.6. The third-order valence-electron chi connectivity index (χ3n) is 4.61. The van der Waals surface area contributed by atoms with Crippen LogP contribution in [0.1, 0.15) is 75.6 Å². The number of anilines is 1. The molecule has 2 aromatic rings. The number of carbonyl (C=O) groups is 1. The Balaban J connectivity index is 2.22. The summed E-state index contributed by atoms with van der Waals surface area (Å²) in [5.41, 5.74) is 3.08. The Labute approximate surface area is 177 Å². The van der Waals surface area contributed by atoms with Crippen LogP contribution in [-0.2, 0) is 5.60 Å². The van der Waals surface area contributed by atoms with Gasteiger partial charge in [-0.05, 0) is 78.6 Å². The maximum absolute atomic E-state index is 12.6. The molecule has 0 radical (unpaired) electrons. The quantitative estimate of drug-likeness (QED) is 0.520. The molecule has 2 amide bonds. The van der Waals surface area contributed by atoms with Crippen LogP contribution in [0.25, 0.3) is 0 Å². The molecule has 0 atom stereocenters. The molecule has 0 unspecified atom stereocenters. The summed E-state index contributed by atoms with van der Waals surface area (Å²) in [5.74, 6) is 0.319. The van der Waals surface area contributed by atoms with Crippen molar-refractivity contribution in [3.63, 3.8) is 0 Å². The third-order valence-corrected chi connectivity index (χ3v) is 5.39. The van der Waals surface area contributed by atoms with E-state index in [-0.39, 0.29) is 17.9 Å². The smallest absolute Gasteiger partial charge is 0.329 e. The van der Waals surface area contributed by atoms with Crippen LogP contribution >= 0.6 is 11.9 Å². The average molecular weight is 412 g/mol. The Kier molecular flexibility index (Phi) is 7.34. The van der Waals surface area contributed by atoms with Gasteiger partial charge in [0.2, 0.25) is 0 Å². The number of hydrogen-bond donors (Lipinski definition) is 3. The molecule has 6 heteroatoms. The van der Waals surface area contributed by atoms with Gasteiger partial charge in [-0.25, -0.2) is 4.79 Å². The Morgan fingerprint density at radius 3 is 2.17 bits per heavy atom. The number of nitriles is 1. The van der Waals surface area contributed by atoms with E-state index < -0.39 is 5.60 Å². The van der Waals surface area contributed by atoms with Crippen LogP contribution in [0.15, 0.2) is 41.3 Å². The number of nitrogens with zero attached hydrogens (tertiary/aromatic N) is 1. The van der Waals surface area contributed by atoms with E-state index in [4.69, 9.17) is 0 Å². The van der Waals surface area contributed by atoms with Crippen LogP contribution in [0.3, 0.4) is 0 Å². The molecular formula is C23H29N3O2S. The molecule has 0 aliphatic heterocycles. The average Bonchev–Trinajstić information content (AvgIpc) is 2.65. The largest absolute Gasteiger partial charge is 0.386 e. The summed E-state index contributed by atoms with van der Waals surface area (Å²) in [5, 5.41) is 22.5. The number of benzene rings is 2. The van der Waals surface area contributed by atoms with Crippen molar-refractivity contribution < 1.29 is 9.90 Å². The van der Waals surface area contributed by atoms with Gasteiger partial charge < -0.3 is 10.4 Å². The van der Waals surface area contributed by atoms with E-state index in [1.165, 1.54) is 11.9 Å². The number of aliphatic hydroxyl groups is 1. The molecule has 0 bridgehead atoms. The Morgan fingerprint density at radius 2 is 1.69 bits per heavy atom. The van der Waals surface area contributed by atoms with Crippen LogP contribution in [0.5, 0.6) is 0 Å². The van der Waals surface area contributed by atoms with Crippen LogP contribution in [0, 0.1) is 11.3 Å². The first-order chi connectivity index (χ1) is 13.5. The first kappa shape index (κ1) is 22.8. The lowest BCUT2D eigenvalue weighted by molar-refractivity contribution is 0.0784. The van der Waals surface area contributed by atoms with Gasteiger partial charge in [-0.1, -0.05) is 39.8 Å². The summed E-state index contributed by atoms with van der Waals surface area (Å²) in [6.07, 6.45) is 0. The van der Waals surface area contributed by atoms with E-state index in [0.717, 1.165) is 27.3 Å². The Hall–Kier alpha value is -2.49. The minimum absolute atomic E-state index is 0.159. The van der Waals surface area contributed by atoms with Crippen molar-refractivity contribution in [2.24, 2.45) is 0 Å². The van der Waals surface area contributed by atoms with Crippen molar-refractivity contribution in [3.05, 3.63) is 58.7 Å². The van der Waals surface area contributed by atoms with Crippen molar-refractivity contribution in [1.29, 1.82) is 5.26 Å². The van der Waals surface area contributed by atoms with Gasteiger partial charge in [-0.3, -0.25) is 4.72 Å². The van der Waals surface area contributed by atoms with Crippen LogP contribution in [0.2, 0.25) is 0 Å². The second kappa shape index (κ2) is 9.34. The highest BCUT2D eigenvalue weighted by Crippen LogP contribution is 2.34. The second-order valence-electron chi connectivity index (χ2n) is 8.20. The molecule has 0 aliphatic rings. The van der Waals surface area contributed by atoms with Crippen molar-refractivity contribution in [1.82, 2.24) is 4.72 Å². The maximum Gasteiger partial charge on any atom is 0.329 e. The molecule has 5 nitrogen and oxygen atoms in total. The lowest BCUT2D eigenvalue weighted by Crippen LogP contribution is -2.24. The first-order valence-electron chi connectivity index (χ1n) is 9.67. The molecule has 29 heavy (non-hydrogen) atoms. The van der Waals surface area contributed by atoms with E-state index in [1.807, 2.05) is 64.1 Å². The lowest BCUT2D eigenvalue weighted by atomic mass is 9.90. The van der Waals surface area contributed by atoms with Crippen molar-refractivity contribution in [3.8, 4) is 6.07 Å². The number of hydrogen-bond acceptors (Lipinski definition) is 4. The highest BCUT2D eigenvalue weighted by Gasteiger charge is 2.19. The molecule has 0 saturated carbocycles. The Morgan fingerprint density at radius 1 is 1.10 bits per heavy atom. The molecular weight excluding hydrogens is 382 g/mol. The predicted octanol–water partition coefficient (Wildman–Crippen LogP) is 5.86. The monoisotopic (exact) mass is 411 g/mol. The van der Waals surface area contributed by atoms with E-state index >= 15 is 0 Å². The van der Waals surface area contributed by atoms with Crippen molar-refractivity contribution in [2.45, 2.75) is 63.9 Å². The van der Waals surface area contributed by atoms with E-state index in [9.17, 15) is 15.2 Å². The zero-order valence-corrected chi connectivity index (χ0v) is 18.6. The van der Waals surface area contributed by atoms with Gasteiger partial charge >= 0.3 is 6.03 Å². The SMILES string of the molecule is CC(C)c1cc(C#N)cc(C(C)C)c1NC(=O)NSc1cccc(C(C)(C)O)c1. The molecule has 2 aromatic carbocycles. The number of urea groups is 1. The molecule has 0 spiro atoms. The first-order valence-corrected chi connectivity index (χ1v) is 10.5. The maximum atomic E-state index is 12.6. The Bertz CT molecular complexity index is 895. The summed E-state index contributed by atoms with van der Waals surface area (Å²) >= 11 is 1.19. The standard InChI is InChI=1S/C23H29N3O2S/c1-14(2)19-10-16(13-24)11-20(15(3)4)21(19)25-22(27)26-29-18-9-7-8-17(12-18)23(5,6)28/h7-12,14-15,28H,1-6H3,(H2,25,26,27). The minimum atomic E-state index is -0.945. The molecule has 0 heterocycles. The summed E-state index contributed by atoms with van der Waals surface area (Å²) in [7, 11) is 0. The molecule has 3 N–H and O–H groups in total. The topological polar surface area (TPSA) is 85.2 Å². The fraction of sp³-hybridized carbons (Fsp3) is 0.391. The number of amides is 2. The molecule has 2 rings (SSSR count). The number of rotatable bonds is 6. The summed E-state index contributed by atoms with van der Waals surface area (Å²) < 4.78 is 2.81. The number of carbonyl (C=O) groups excluding carboxylic acids is 1. The zero-order chi connectivity index (χ0) is 21.8. The van der Waals surface area contributed by atoms with Gasteiger partial charge in [-0.15, -0.1) is 0 Å². The van der Waals surface area contributed by atoms with E-state index in [0.29, 0.717) is 5.56 Å². The van der Waals surface area contributed by atoms with Gasteiger partial charge in [0.25, 0.3) is 0 Å². The summed E-state index contributed by atoms with van der Waals surface area (Å²) in [6, 6.07) is 13.0. The summed E-state index contributed by atoms with van der Waals surface area (Å²) in [4.78, 5) is 13.4. The van der Waals surface area contributed by atoms with Crippen LogP contribution in [0.4, 0.5) is 10.5 Å². The molecule has 154 valence electrons. The normalized spacial score (nSPS) is 11.4. The van der Waals surface area contributed by atoms with E-state index in [1.54, 1.807) is 13.8 Å². The third kappa shape index (κ3) is 5.99. The van der Waals surface area contributed by atoms with Crippen LogP contribution in [-0.4, -0.2) is 11.1 Å². The predicted molar refractivity (Wildman–Crippen MR) is 119 cm³/mol. The minimum Gasteiger partial charge on any atom is -0.386 e. The molecule has 0 saturated heterocycles. The van der Waals surface area contributed by atoms with Gasteiger partial charge in [0.1, 0.15) is 0 Å². The highest BCUT2D eigenvalue weighted by atomic mass is 32.2. The van der Waals surface area contributed by atoms with Gasteiger partial charge in [0.15, 0.2) is 0 Å². The van der Waals surface area contributed by atoms with Crippen molar-refractivity contribution in [2.75, 3.05) is 5.32 Å². The van der Waals surface area contributed by atoms with Crippen molar-refractivity contribution >= 4 is 23.7 Å². The molecule has 0 fully saturated rings. The fourth-order valence-corrected chi connectivity index (χ4v) is 3.59. The van der Waals surface area contributed by atoms with Gasteiger partial charge in [-0.2, -0.15) is 5.26 Å². The van der Waals surface area contributed by atoms with Gasteiger partial charge in [0.05, 0.1) is 17.2 Å². The molecule has 0 aromatic heterocycles. The van der Waals surface area contributed by atoms with Gasteiger partial charge in [0, 0.05) is 10.6 Å². The number of nitrogens with one attached hydrogen (secondary N) is 2. The highest BCUT2D eigenvalue weighted by molar-refractivity contribution is 7.98. The zero-order valence-electron chi connectivity index (χ0n) is 17.8. The second-order valence-corrected chi connectivity index (χ2v) is 9.08.